The van der Waals surface area contributed by atoms with E-state index in [0.29, 0.717) is 15.6 Å². The van der Waals surface area contributed by atoms with E-state index < -0.39 is 35.4 Å². The second-order valence-electron chi connectivity index (χ2n) is 9.55. The highest BCUT2D eigenvalue weighted by Crippen LogP contribution is 2.33. The summed E-state index contributed by atoms with van der Waals surface area (Å²) >= 11 is 1.19. The Kier molecular flexibility index (Phi) is 8.55. The van der Waals surface area contributed by atoms with Crippen LogP contribution in [0.15, 0.2) is 28.1 Å². The van der Waals surface area contributed by atoms with Crippen molar-refractivity contribution in [2.24, 2.45) is 10.9 Å². The van der Waals surface area contributed by atoms with Gasteiger partial charge in [0.15, 0.2) is 5.17 Å². The Morgan fingerprint density at radius 1 is 1.29 bits per heavy atom. The van der Waals surface area contributed by atoms with Gasteiger partial charge in [-0.25, -0.2) is 19.4 Å². The molecule has 190 valence electrons. The summed E-state index contributed by atoms with van der Waals surface area (Å²) in [5.41, 5.74) is 2.79. The number of thioether (sulfide) groups is 1. The number of nitrogens with zero attached hydrogens (tertiary/aromatic N) is 2. The molecule has 2 N–H and O–H groups in total. The topological polar surface area (TPSA) is 109 Å². The van der Waals surface area contributed by atoms with E-state index in [-0.39, 0.29) is 11.7 Å². The van der Waals surface area contributed by atoms with Gasteiger partial charge in [0.1, 0.15) is 23.2 Å². The van der Waals surface area contributed by atoms with Gasteiger partial charge in [0.2, 0.25) is 0 Å². The lowest BCUT2D eigenvalue weighted by Gasteiger charge is -2.28. The number of aliphatic imine (C=N–C) groups is 1. The van der Waals surface area contributed by atoms with Crippen LogP contribution >= 0.6 is 11.8 Å². The summed E-state index contributed by atoms with van der Waals surface area (Å²) in [7, 11) is 0. The molecule has 0 aromatic heterocycles. The second-order valence-corrected chi connectivity index (χ2v) is 10.6. The van der Waals surface area contributed by atoms with Gasteiger partial charge in [-0.2, -0.15) is 4.99 Å². The predicted molar refractivity (Wildman–Crippen MR) is 132 cm³/mol. The molecule has 11 heteroatoms. The van der Waals surface area contributed by atoms with E-state index in [1.807, 2.05) is 5.01 Å². The van der Waals surface area contributed by atoms with Crippen molar-refractivity contribution in [1.29, 1.82) is 0 Å². The minimum absolute atomic E-state index is 0.0976. The largest absolute Gasteiger partial charge is 0.458 e. The number of hydrazine groups is 1. The minimum Gasteiger partial charge on any atom is -0.458 e. The number of benzene rings is 1. The fraction of sp³-hybridized carbons (Fsp3) is 0.500. The van der Waals surface area contributed by atoms with E-state index >= 15 is 0 Å². The fourth-order valence-corrected chi connectivity index (χ4v) is 4.25. The molecule has 1 aromatic carbocycles. The number of carbonyl (C=O) groups excluding carboxylic acids is 3. The number of hydrogen-bond donors (Lipinski definition) is 2. The molecule has 0 unspecified atom stereocenters. The summed E-state index contributed by atoms with van der Waals surface area (Å²) in [6, 6.07) is 2.69. The van der Waals surface area contributed by atoms with Crippen LogP contribution in [0.3, 0.4) is 0 Å². The first-order valence-corrected chi connectivity index (χ1v) is 12.3. The van der Waals surface area contributed by atoms with Gasteiger partial charge in [0.05, 0.1) is 4.91 Å². The molecule has 1 atom stereocenters. The molecule has 1 aromatic rings. The van der Waals surface area contributed by atoms with Crippen molar-refractivity contribution >= 4 is 41.0 Å². The Hall–Kier alpha value is -2.92. The lowest BCUT2D eigenvalue weighted by atomic mass is 10.0. The first kappa shape index (κ1) is 26.7. The lowest BCUT2D eigenvalue weighted by molar-refractivity contribution is -0.158. The van der Waals surface area contributed by atoms with Crippen LogP contribution in [0, 0.1) is 11.7 Å². The zero-order chi connectivity index (χ0) is 25.8. The van der Waals surface area contributed by atoms with Crippen LogP contribution in [0.1, 0.15) is 53.0 Å². The predicted octanol–water partition coefficient (Wildman–Crippen LogP) is 3.85. The van der Waals surface area contributed by atoms with Gasteiger partial charge < -0.3 is 14.8 Å². The van der Waals surface area contributed by atoms with Crippen LogP contribution in [-0.2, 0) is 14.3 Å². The maximum atomic E-state index is 14.0. The Labute approximate surface area is 208 Å². The van der Waals surface area contributed by atoms with Crippen molar-refractivity contribution in [2.45, 2.75) is 59.1 Å². The fourth-order valence-electron chi connectivity index (χ4n) is 3.34. The molecule has 0 radical (unpaired) electrons. The number of rotatable bonds is 5. The number of ether oxygens (including phenoxy) is 2. The Bertz CT molecular complexity index is 1040. The monoisotopic (exact) mass is 506 g/mol. The summed E-state index contributed by atoms with van der Waals surface area (Å²) in [5, 5.41) is 4.88. The van der Waals surface area contributed by atoms with Crippen molar-refractivity contribution in [1.82, 2.24) is 15.8 Å². The van der Waals surface area contributed by atoms with Gasteiger partial charge in [0, 0.05) is 24.7 Å². The van der Waals surface area contributed by atoms with Crippen molar-refractivity contribution in [3.05, 3.63) is 34.5 Å². The molecule has 2 aliphatic rings. The third-order valence-corrected chi connectivity index (χ3v) is 6.02. The molecule has 2 aliphatic heterocycles. The highest BCUT2D eigenvalue weighted by molar-refractivity contribution is 8.18. The molecule has 9 nitrogen and oxygen atoms in total. The first-order chi connectivity index (χ1) is 16.4. The van der Waals surface area contributed by atoms with E-state index in [4.69, 9.17) is 9.47 Å². The zero-order valence-corrected chi connectivity index (χ0v) is 21.3. The Balaban J connectivity index is 1.74. The van der Waals surface area contributed by atoms with Gasteiger partial charge in [-0.3, -0.25) is 9.80 Å². The average molecular weight is 507 g/mol. The molecule has 0 saturated carbocycles. The second kappa shape index (κ2) is 11.2. The molecule has 1 saturated heterocycles. The quantitative estimate of drug-likeness (QED) is 0.458. The number of halogens is 1. The van der Waals surface area contributed by atoms with Crippen LogP contribution in [0.2, 0.25) is 0 Å². The van der Waals surface area contributed by atoms with Gasteiger partial charge in [-0.1, -0.05) is 13.8 Å². The van der Waals surface area contributed by atoms with Crippen LogP contribution in [0.25, 0.3) is 6.08 Å². The van der Waals surface area contributed by atoms with Crippen LogP contribution in [0.5, 0.6) is 5.75 Å². The molecule has 1 fully saturated rings. The van der Waals surface area contributed by atoms with Gasteiger partial charge in [-0.15, -0.1) is 0 Å². The Morgan fingerprint density at radius 2 is 2.03 bits per heavy atom. The van der Waals surface area contributed by atoms with Crippen molar-refractivity contribution in [3.8, 4) is 5.75 Å². The normalized spacial score (nSPS) is 18.5. The van der Waals surface area contributed by atoms with Crippen LogP contribution < -0.4 is 15.5 Å². The van der Waals surface area contributed by atoms with E-state index in [0.717, 1.165) is 32.0 Å². The lowest BCUT2D eigenvalue weighted by Crippen LogP contribution is -2.48. The van der Waals surface area contributed by atoms with Crippen molar-refractivity contribution in [2.75, 3.05) is 13.1 Å². The highest BCUT2D eigenvalue weighted by Gasteiger charge is 2.31. The molecular formula is C24H31FN4O5S. The third kappa shape index (κ3) is 7.53. The average Bonchev–Trinajstić information content (AvgIpc) is 3.13. The summed E-state index contributed by atoms with van der Waals surface area (Å²) in [5.74, 6) is -2.03. The zero-order valence-electron chi connectivity index (χ0n) is 20.5. The number of hydrogen-bond acceptors (Lipinski definition) is 8. The van der Waals surface area contributed by atoms with E-state index in [1.54, 1.807) is 34.6 Å². The van der Waals surface area contributed by atoms with Gasteiger partial charge in [-0.05, 0) is 69.5 Å². The van der Waals surface area contributed by atoms with E-state index in [9.17, 15) is 18.8 Å². The molecule has 0 bridgehead atoms. The number of amides is 2. The molecular weight excluding hydrogens is 475 g/mol. The molecule has 2 amide bonds. The molecule has 0 spiro atoms. The molecule has 2 heterocycles. The Morgan fingerprint density at radius 3 is 2.66 bits per heavy atom. The summed E-state index contributed by atoms with van der Waals surface area (Å²) in [4.78, 5) is 42.0. The van der Waals surface area contributed by atoms with Crippen LogP contribution in [-0.4, -0.2) is 52.9 Å². The van der Waals surface area contributed by atoms with E-state index in [1.165, 1.54) is 30.0 Å². The third-order valence-electron chi connectivity index (χ3n) is 5.02. The highest BCUT2D eigenvalue weighted by atomic mass is 32.2. The van der Waals surface area contributed by atoms with Crippen LogP contribution in [0.4, 0.5) is 9.18 Å². The number of amidine groups is 1. The number of nitrogens with one attached hydrogen (secondary N) is 2. The van der Waals surface area contributed by atoms with Gasteiger partial charge >= 0.3 is 12.1 Å². The standard InChI is InChI=1S/C24H31FN4O5S/c1-14(2)19(21(31)34-24(3,4)5)27-23(32)33-17-13-16(25)9-8-15(17)12-18-20(30)28-22(35-18)29-11-7-6-10-26-29/h8-9,12-14,19,26H,6-7,10-11H2,1-5H3,(H,27,32)/b18-12+/t19-/m1/s1. The molecule has 0 aliphatic carbocycles. The van der Waals surface area contributed by atoms with Crippen molar-refractivity contribution < 1.29 is 28.2 Å². The molecule has 35 heavy (non-hydrogen) atoms. The summed E-state index contributed by atoms with van der Waals surface area (Å²) < 4.78 is 24.7. The summed E-state index contributed by atoms with van der Waals surface area (Å²) in [6.07, 6.45) is 2.60. The van der Waals surface area contributed by atoms with E-state index in [2.05, 4.69) is 15.7 Å². The SMILES string of the molecule is CC(C)[C@@H](NC(=O)Oc1cc(F)ccc1/C=C1/SC(N2CCCCN2)=NC1=O)C(=O)OC(C)(C)C. The number of carbonyl (C=O) groups is 3. The maximum Gasteiger partial charge on any atom is 0.413 e. The van der Waals surface area contributed by atoms with Gasteiger partial charge in [0.25, 0.3) is 5.91 Å². The maximum absolute atomic E-state index is 14.0. The summed E-state index contributed by atoms with van der Waals surface area (Å²) in [6.45, 7) is 10.2. The minimum atomic E-state index is -0.961. The first-order valence-electron chi connectivity index (χ1n) is 11.5. The number of esters is 1. The van der Waals surface area contributed by atoms with Crippen molar-refractivity contribution in [3.63, 3.8) is 0 Å². The molecule has 3 rings (SSSR count). The smallest absolute Gasteiger partial charge is 0.413 e.